The molecule has 0 saturated heterocycles. The van der Waals surface area contributed by atoms with Crippen molar-refractivity contribution in [2.24, 2.45) is 5.92 Å². The van der Waals surface area contributed by atoms with E-state index in [1.165, 1.54) is 5.56 Å². The molecule has 2 heteroatoms. The van der Waals surface area contributed by atoms with E-state index in [9.17, 15) is 0 Å². The molecule has 0 aromatic heterocycles. The third-order valence-electron chi connectivity index (χ3n) is 1.58. The quantitative estimate of drug-likeness (QED) is 0.682. The zero-order chi connectivity index (χ0) is 8.27. The van der Waals surface area contributed by atoms with Crippen LogP contribution in [0.25, 0.3) is 0 Å². The fourth-order valence-corrected chi connectivity index (χ4v) is 1.10. The largest absolute Gasteiger partial charge is 0.508 e. The van der Waals surface area contributed by atoms with Crippen LogP contribution in [0.3, 0.4) is 0 Å². The molecular formula is C10H17AlO. The van der Waals surface area contributed by atoms with Crippen LogP contribution in [0, 0.1) is 5.92 Å². The normalized spacial score (nSPS) is 9.58. The van der Waals surface area contributed by atoms with Crippen LogP contribution in [0.4, 0.5) is 0 Å². The van der Waals surface area contributed by atoms with Crippen molar-refractivity contribution in [3.8, 4) is 5.75 Å². The van der Waals surface area contributed by atoms with Crippen LogP contribution in [0.5, 0.6) is 5.75 Å². The molecule has 12 heavy (non-hydrogen) atoms. The molecule has 0 aliphatic carbocycles. The smallest absolute Gasteiger partial charge is 0.187 e. The maximum absolute atomic E-state index is 8.99. The van der Waals surface area contributed by atoms with Crippen molar-refractivity contribution >= 4 is 17.4 Å². The van der Waals surface area contributed by atoms with Crippen molar-refractivity contribution in [3.05, 3.63) is 29.8 Å². The van der Waals surface area contributed by atoms with Gasteiger partial charge in [0.1, 0.15) is 5.75 Å². The summed E-state index contributed by atoms with van der Waals surface area (Å²) in [6.07, 6.45) is 1.08. The van der Waals surface area contributed by atoms with Gasteiger partial charge in [-0.3, -0.25) is 0 Å². The summed E-state index contributed by atoms with van der Waals surface area (Å²) in [5, 5.41) is 8.99. The monoisotopic (exact) mass is 180 g/mol. The average molecular weight is 180 g/mol. The second-order valence-electron chi connectivity index (χ2n) is 3.26. The molecule has 0 heterocycles. The first-order valence-electron chi connectivity index (χ1n) is 3.96. The molecule has 1 rings (SSSR count). The van der Waals surface area contributed by atoms with Gasteiger partial charge in [-0.1, -0.05) is 26.0 Å². The molecule has 1 aromatic rings. The minimum atomic E-state index is 0. The Morgan fingerprint density at radius 3 is 2.08 bits per heavy atom. The molecule has 0 bridgehead atoms. The fourth-order valence-electron chi connectivity index (χ4n) is 1.10. The third-order valence-corrected chi connectivity index (χ3v) is 1.58. The van der Waals surface area contributed by atoms with Gasteiger partial charge in [0.15, 0.2) is 17.4 Å². The van der Waals surface area contributed by atoms with Gasteiger partial charge in [-0.25, -0.2) is 0 Å². The van der Waals surface area contributed by atoms with Crippen molar-refractivity contribution in [2.75, 3.05) is 0 Å². The summed E-state index contributed by atoms with van der Waals surface area (Å²) in [6.45, 7) is 4.37. The van der Waals surface area contributed by atoms with Crippen LogP contribution in [0.2, 0.25) is 0 Å². The Morgan fingerprint density at radius 2 is 1.67 bits per heavy atom. The average Bonchev–Trinajstić information content (AvgIpc) is 1.93. The van der Waals surface area contributed by atoms with Gasteiger partial charge >= 0.3 is 0 Å². The number of benzene rings is 1. The Kier molecular flexibility index (Phi) is 5.05. The Labute approximate surface area is 84.6 Å². The second-order valence-corrected chi connectivity index (χ2v) is 3.26. The van der Waals surface area contributed by atoms with E-state index in [-0.39, 0.29) is 17.4 Å². The lowest BCUT2D eigenvalue weighted by Gasteiger charge is -2.03. The van der Waals surface area contributed by atoms with E-state index >= 15 is 0 Å². The van der Waals surface area contributed by atoms with Crippen LogP contribution < -0.4 is 0 Å². The summed E-state index contributed by atoms with van der Waals surface area (Å²) in [7, 11) is 0. The highest BCUT2D eigenvalue weighted by molar-refractivity contribution is 5.75. The van der Waals surface area contributed by atoms with E-state index in [1.807, 2.05) is 12.1 Å². The summed E-state index contributed by atoms with van der Waals surface area (Å²) in [5.74, 6) is 1.03. The Bertz CT molecular complexity index is 216. The van der Waals surface area contributed by atoms with Crippen molar-refractivity contribution in [1.29, 1.82) is 0 Å². The summed E-state index contributed by atoms with van der Waals surface area (Å²) in [6, 6.07) is 7.40. The molecule has 0 radical (unpaired) electrons. The summed E-state index contributed by atoms with van der Waals surface area (Å²) in [5.41, 5.74) is 1.29. The molecule has 1 aromatic carbocycles. The van der Waals surface area contributed by atoms with Gasteiger partial charge in [-0.15, -0.1) is 0 Å². The molecule has 0 atom stereocenters. The van der Waals surface area contributed by atoms with Gasteiger partial charge in [0.25, 0.3) is 0 Å². The zero-order valence-electron chi connectivity index (χ0n) is 7.04. The molecule has 66 valence electrons. The Hall–Kier alpha value is -0.448. The highest BCUT2D eigenvalue weighted by atomic mass is 27.0. The Morgan fingerprint density at radius 1 is 1.17 bits per heavy atom. The van der Waals surface area contributed by atoms with Crippen LogP contribution in [0.15, 0.2) is 24.3 Å². The third kappa shape index (κ3) is 3.80. The molecule has 0 fully saturated rings. The number of phenols is 1. The van der Waals surface area contributed by atoms with E-state index in [0.29, 0.717) is 11.7 Å². The summed E-state index contributed by atoms with van der Waals surface area (Å²) in [4.78, 5) is 0. The maximum Gasteiger partial charge on any atom is 0.187 e. The molecule has 1 N–H and O–H groups in total. The van der Waals surface area contributed by atoms with E-state index in [2.05, 4.69) is 13.8 Å². The van der Waals surface area contributed by atoms with E-state index < -0.39 is 0 Å². The lowest BCUT2D eigenvalue weighted by atomic mass is 10.0. The molecule has 0 aliphatic heterocycles. The summed E-state index contributed by atoms with van der Waals surface area (Å²) < 4.78 is 0. The zero-order valence-corrected chi connectivity index (χ0v) is 7.04. The van der Waals surface area contributed by atoms with Gasteiger partial charge in [0.05, 0.1) is 0 Å². The minimum Gasteiger partial charge on any atom is -0.508 e. The maximum atomic E-state index is 8.99. The van der Waals surface area contributed by atoms with Crippen LogP contribution in [-0.4, -0.2) is 22.5 Å². The van der Waals surface area contributed by atoms with Gasteiger partial charge in [0.2, 0.25) is 0 Å². The first-order chi connectivity index (χ1) is 5.18. The highest BCUT2D eigenvalue weighted by Gasteiger charge is 1.96. The minimum absolute atomic E-state index is 0. The molecule has 0 unspecified atom stereocenters. The molecule has 0 amide bonds. The van der Waals surface area contributed by atoms with Gasteiger partial charge in [-0.05, 0) is 30.0 Å². The van der Waals surface area contributed by atoms with Crippen LogP contribution >= 0.6 is 0 Å². The van der Waals surface area contributed by atoms with Crippen molar-refractivity contribution < 1.29 is 5.11 Å². The van der Waals surface area contributed by atoms with Gasteiger partial charge < -0.3 is 5.11 Å². The molecule has 1 nitrogen and oxygen atoms in total. The Balaban J connectivity index is 0.00000121. The van der Waals surface area contributed by atoms with Crippen LogP contribution in [-0.2, 0) is 6.42 Å². The lowest BCUT2D eigenvalue weighted by Crippen LogP contribution is -1.92. The first-order valence-corrected chi connectivity index (χ1v) is 3.96. The SMILES string of the molecule is CC(C)Cc1ccc(O)cc1.[AlH3]. The van der Waals surface area contributed by atoms with Gasteiger partial charge in [0, 0.05) is 0 Å². The van der Waals surface area contributed by atoms with E-state index in [4.69, 9.17) is 5.11 Å². The number of phenolic OH excluding ortho intramolecular Hbond substituents is 1. The molecule has 0 saturated carbocycles. The van der Waals surface area contributed by atoms with Crippen molar-refractivity contribution in [3.63, 3.8) is 0 Å². The number of hydrogen-bond donors (Lipinski definition) is 1. The molecular weight excluding hydrogens is 163 g/mol. The van der Waals surface area contributed by atoms with Crippen molar-refractivity contribution in [1.82, 2.24) is 0 Å². The standard InChI is InChI=1S/C10H14O.Al.3H/c1-8(2)7-9-3-5-10(11)6-4-9;;;;/h3-6,8,11H,7H2,1-2H3;;;;. The highest BCUT2D eigenvalue weighted by Crippen LogP contribution is 2.12. The number of aromatic hydroxyl groups is 1. The first kappa shape index (κ1) is 11.6. The fraction of sp³-hybridized carbons (Fsp3) is 0.400. The second kappa shape index (κ2) is 5.24. The number of hydrogen-bond acceptors (Lipinski definition) is 1. The predicted molar refractivity (Wildman–Crippen MR) is 56.6 cm³/mol. The molecule has 0 aliphatic rings. The predicted octanol–water partition coefficient (Wildman–Crippen LogP) is 1.41. The topological polar surface area (TPSA) is 20.2 Å². The lowest BCUT2D eigenvalue weighted by molar-refractivity contribution is 0.475. The number of rotatable bonds is 2. The van der Waals surface area contributed by atoms with Crippen LogP contribution in [0.1, 0.15) is 19.4 Å². The van der Waals surface area contributed by atoms with E-state index in [0.717, 1.165) is 6.42 Å². The summed E-state index contributed by atoms with van der Waals surface area (Å²) >= 11 is 0. The van der Waals surface area contributed by atoms with Crippen molar-refractivity contribution in [2.45, 2.75) is 20.3 Å². The van der Waals surface area contributed by atoms with E-state index in [1.54, 1.807) is 12.1 Å². The van der Waals surface area contributed by atoms with Gasteiger partial charge in [-0.2, -0.15) is 0 Å². The molecule has 0 spiro atoms.